The van der Waals surface area contributed by atoms with Gasteiger partial charge < -0.3 is 23.2 Å². The average molecular weight is 405 g/mol. The molecule has 29 heavy (non-hydrogen) atoms. The predicted octanol–water partition coefficient (Wildman–Crippen LogP) is 1.86. The number of hydrogen-bond acceptors (Lipinski definition) is 7. The highest BCUT2D eigenvalue weighted by Gasteiger charge is 2.51. The normalized spacial score (nSPS) is 17.8. The maximum Gasteiger partial charge on any atom is 0.494 e. The molecule has 1 aliphatic heterocycles. The molecule has 9 heteroatoms. The van der Waals surface area contributed by atoms with Gasteiger partial charge in [-0.05, 0) is 52.2 Å². The van der Waals surface area contributed by atoms with Crippen LogP contribution in [0.15, 0.2) is 27.4 Å². The minimum Gasteiger partial charge on any atom is -0.466 e. The smallest absolute Gasteiger partial charge is 0.466 e. The summed E-state index contributed by atoms with van der Waals surface area (Å²) < 4.78 is 29.3. The van der Waals surface area contributed by atoms with Crippen molar-refractivity contribution in [1.82, 2.24) is 4.57 Å². The number of carbonyl (C=O) groups is 1. The second kappa shape index (κ2) is 8.34. The molecule has 2 aromatic rings. The summed E-state index contributed by atoms with van der Waals surface area (Å²) in [7, 11) is -0.524. The van der Waals surface area contributed by atoms with Gasteiger partial charge in [0.05, 0.1) is 49.5 Å². The lowest BCUT2D eigenvalue weighted by atomic mass is 9.79. The van der Waals surface area contributed by atoms with Crippen LogP contribution in [0.5, 0.6) is 0 Å². The Hall–Kier alpha value is -2.10. The van der Waals surface area contributed by atoms with E-state index in [9.17, 15) is 9.59 Å². The molecule has 1 fully saturated rings. The molecule has 0 atom stereocenters. The Morgan fingerprint density at radius 2 is 1.83 bits per heavy atom. The van der Waals surface area contributed by atoms with Crippen molar-refractivity contribution in [3.05, 3.63) is 28.7 Å². The summed E-state index contributed by atoms with van der Waals surface area (Å²) in [4.78, 5) is 23.6. The van der Waals surface area contributed by atoms with Gasteiger partial charge >= 0.3 is 18.8 Å². The first-order valence-electron chi connectivity index (χ1n) is 9.87. The molecule has 0 radical (unpaired) electrons. The Balaban J connectivity index is 1.69. The molecule has 1 saturated heterocycles. The molecule has 0 aliphatic carbocycles. The highest BCUT2D eigenvalue weighted by atomic mass is 16.7. The number of carbonyl (C=O) groups excluding carboxylic acids is 1. The highest BCUT2D eigenvalue weighted by molar-refractivity contribution is 6.62. The minimum atomic E-state index is -0.524. The molecule has 3 rings (SSSR count). The fourth-order valence-corrected chi connectivity index (χ4v) is 3.06. The molecule has 8 nitrogen and oxygen atoms in total. The molecule has 1 aromatic heterocycles. The number of fused-ring (bicyclic) bond motifs is 1. The number of ether oxygens (including phenoxy) is 2. The lowest BCUT2D eigenvalue weighted by Crippen LogP contribution is -2.41. The van der Waals surface area contributed by atoms with Crippen LogP contribution in [0.1, 0.15) is 41.0 Å². The van der Waals surface area contributed by atoms with Crippen molar-refractivity contribution in [3.8, 4) is 0 Å². The Morgan fingerprint density at radius 1 is 1.14 bits per heavy atom. The first-order chi connectivity index (χ1) is 13.6. The lowest BCUT2D eigenvalue weighted by molar-refractivity contribution is -0.144. The number of esters is 1. The van der Waals surface area contributed by atoms with Crippen LogP contribution in [0.2, 0.25) is 0 Å². The second-order valence-corrected chi connectivity index (χ2v) is 8.00. The molecule has 0 saturated carbocycles. The van der Waals surface area contributed by atoms with Gasteiger partial charge in [-0.3, -0.25) is 9.36 Å². The van der Waals surface area contributed by atoms with Gasteiger partial charge in [0.2, 0.25) is 0 Å². The zero-order valence-corrected chi connectivity index (χ0v) is 17.6. The summed E-state index contributed by atoms with van der Waals surface area (Å²) in [5, 5.41) is 0. The zero-order valence-electron chi connectivity index (χ0n) is 17.6. The number of nitrogens with zero attached hydrogens (tertiary/aromatic N) is 1. The van der Waals surface area contributed by atoms with E-state index >= 15 is 0 Å². The Bertz CT molecular complexity index is 915. The predicted molar refractivity (Wildman–Crippen MR) is 108 cm³/mol. The topological polar surface area (TPSA) is 89.1 Å². The van der Waals surface area contributed by atoms with E-state index in [1.54, 1.807) is 13.0 Å². The van der Waals surface area contributed by atoms with Gasteiger partial charge in [0.25, 0.3) is 0 Å². The number of hydrogen-bond donors (Lipinski definition) is 0. The van der Waals surface area contributed by atoms with Gasteiger partial charge in [-0.2, -0.15) is 0 Å². The quantitative estimate of drug-likeness (QED) is 0.376. The van der Waals surface area contributed by atoms with Crippen LogP contribution in [-0.2, 0) is 30.1 Å². The van der Waals surface area contributed by atoms with Gasteiger partial charge in [0.15, 0.2) is 5.58 Å². The number of benzene rings is 1. The van der Waals surface area contributed by atoms with E-state index in [4.69, 9.17) is 23.2 Å². The highest BCUT2D eigenvalue weighted by Crippen LogP contribution is 2.36. The van der Waals surface area contributed by atoms with E-state index in [0.29, 0.717) is 24.3 Å². The van der Waals surface area contributed by atoms with Gasteiger partial charge in [-0.1, -0.05) is 6.07 Å². The molecule has 158 valence electrons. The van der Waals surface area contributed by atoms with Crippen LogP contribution in [0.4, 0.5) is 0 Å². The van der Waals surface area contributed by atoms with Gasteiger partial charge in [-0.15, -0.1) is 0 Å². The van der Waals surface area contributed by atoms with Crippen LogP contribution >= 0.6 is 0 Å². The van der Waals surface area contributed by atoms with E-state index in [2.05, 4.69) is 0 Å². The van der Waals surface area contributed by atoms with Crippen molar-refractivity contribution in [2.75, 3.05) is 19.8 Å². The third kappa shape index (κ3) is 4.57. The maximum absolute atomic E-state index is 12.2. The van der Waals surface area contributed by atoms with E-state index in [1.807, 2.05) is 39.8 Å². The molecular weight excluding hydrogens is 377 g/mol. The maximum atomic E-state index is 12.2. The molecule has 2 heterocycles. The first-order valence-corrected chi connectivity index (χ1v) is 9.87. The van der Waals surface area contributed by atoms with Crippen LogP contribution in [0, 0.1) is 0 Å². The molecular formula is C20H28BNO7. The summed E-state index contributed by atoms with van der Waals surface area (Å²) in [5.74, 6) is -0.759. The molecule has 0 bridgehead atoms. The largest absolute Gasteiger partial charge is 0.494 e. The number of rotatable bonds is 8. The summed E-state index contributed by atoms with van der Waals surface area (Å²) >= 11 is 0. The second-order valence-electron chi connectivity index (χ2n) is 8.00. The average Bonchev–Trinajstić information content (AvgIpc) is 3.06. The zero-order chi connectivity index (χ0) is 21.2. The minimum absolute atomic E-state index is 0.181. The summed E-state index contributed by atoms with van der Waals surface area (Å²) in [5.41, 5.74) is 1.05. The standard InChI is InChI=1S/C20H28BNO7/c1-6-26-17(23)9-11-25-12-10-22-15-13-14(7-8-16(15)27-18(22)24)21-28-19(2,3)20(4,5)29-21/h7-8,13H,6,9-12H2,1-5H3. The van der Waals surface area contributed by atoms with Crippen LogP contribution in [-0.4, -0.2) is 48.7 Å². The molecule has 0 unspecified atom stereocenters. The van der Waals surface area contributed by atoms with E-state index in [-0.39, 0.29) is 25.6 Å². The monoisotopic (exact) mass is 405 g/mol. The first kappa shape index (κ1) is 21.6. The lowest BCUT2D eigenvalue weighted by Gasteiger charge is -2.32. The van der Waals surface area contributed by atoms with Crippen molar-refractivity contribution in [3.63, 3.8) is 0 Å². The molecule has 1 aliphatic rings. The molecule has 0 spiro atoms. The third-order valence-corrected chi connectivity index (χ3v) is 5.43. The summed E-state index contributed by atoms with van der Waals surface area (Å²) in [6.07, 6.45) is 0.181. The van der Waals surface area contributed by atoms with Crippen molar-refractivity contribution >= 4 is 29.7 Å². The van der Waals surface area contributed by atoms with Crippen molar-refractivity contribution in [2.24, 2.45) is 0 Å². The molecule has 1 aromatic carbocycles. The molecule has 0 N–H and O–H groups in total. The molecule has 0 amide bonds. The number of oxazole rings is 1. The van der Waals surface area contributed by atoms with Gasteiger partial charge in [0.1, 0.15) is 0 Å². The van der Waals surface area contributed by atoms with E-state index in [1.165, 1.54) is 4.57 Å². The van der Waals surface area contributed by atoms with Crippen LogP contribution in [0.3, 0.4) is 0 Å². The van der Waals surface area contributed by atoms with Crippen LogP contribution < -0.4 is 11.2 Å². The van der Waals surface area contributed by atoms with Crippen molar-refractivity contribution in [2.45, 2.75) is 58.8 Å². The Kier molecular flexibility index (Phi) is 6.21. The summed E-state index contributed by atoms with van der Waals surface area (Å²) in [6, 6.07) is 5.43. The number of aromatic nitrogens is 1. The Morgan fingerprint density at radius 3 is 2.48 bits per heavy atom. The Labute approximate surface area is 170 Å². The summed E-state index contributed by atoms with van der Waals surface area (Å²) in [6.45, 7) is 10.9. The fourth-order valence-electron chi connectivity index (χ4n) is 3.06. The van der Waals surface area contributed by atoms with E-state index in [0.717, 1.165) is 5.46 Å². The van der Waals surface area contributed by atoms with Crippen LogP contribution in [0.25, 0.3) is 11.1 Å². The van der Waals surface area contributed by atoms with E-state index < -0.39 is 24.1 Å². The SMILES string of the molecule is CCOC(=O)CCOCCn1c(=O)oc2ccc(B3OC(C)(C)C(C)(C)O3)cc21. The van der Waals surface area contributed by atoms with Crippen molar-refractivity contribution < 1.29 is 28.0 Å². The van der Waals surface area contributed by atoms with Gasteiger partial charge in [-0.25, -0.2) is 4.79 Å². The fraction of sp³-hybridized carbons (Fsp3) is 0.600. The van der Waals surface area contributed by atoms with Gasteiger partial charge in [0, 0.05) is 0 Å². The third-order valence-electron chi connectivity index (χ3n) is 5.43. The van der Waals surface area contributed by atoms with Crippen molar-refractivity contribution in [1.29, 1.82) is 0 Å².